The fourth-order valence-electron chi connectivity index (χ4n) is 3.77. The average molecular weight is 459 g/mol. The molecule has 1 fully saturated rings. The lowest BCUT2D eigenvalue weighted by Gasteiger charge is -2.40. The quantitative estimate of drug-likeness (QED) is 0.285. The van der Waals surface area contributed by atoms with Crippen LogP contribution in [0.3, 0.4) is 0 Å². The van der Waals surface area contributed by atoms with Crippen LogP contribution in [0.1, 0.15) is 38.2 Å². The largest absolute Gasteiger partial charge is 0.467 e. The van der Waals surface area contributed by atoms with E-state index in [1.54, 1.807) is 0 Å². The van der Waals surface area contributed by atoms with E-state index < -0.39 is 40.7 Å². The van der Waals surface area contributed by atoms with Crippen LogP contribution in [0.5, 0.6) is 0 Å². The van der Waals surface area contributed by atoms with Gasteiger partial charge in [0, 0.05) is 12.5 Å². The van der Waals surface area contributed by atoms with E-state index in [-0.39, 0.29) is 18.9 Å². The van der Waals surface area contributed by atoms with Crippen molar-refractivity contribution in [3.8, 4) is 0 Å². The van der Waals surface area contributed by atoms with Gasteiger partial charge in [-0.3, -0.25) is 4.79 Å². The molecule has 6 atom stereocenters. The zero-order valence-corrected chi connectivity index (χ0v) is 19.0. The first-order valence-electron chi connectivity index (χ1n) is 10.5. The number of aliphatic hydroxyl groups is 1. The number of unbranched alkanes of at least 4 members (excludes halogenated alkanes) is 2. The Bertz CT molecular complexity index is 676. The highest BCUT2D eigenvalue weighted by atomic mass is 35.5. The number of aliphatic hydroxyl groups excluding tert-OH is 1. The molecule has 1 amide bonds. The SMILES string of the molecule is CCCCCNC1C(Cl)CC(C(=O)N[C@@H](Cc2ccccc2)C(=O)OC)C(O)C1Cl. The molecule has 0 aliphatic heterocycles. The van der Waals surface area contributed by atoms with Gasteiger partial charge in [-0.1, -0.05) is 50.1 Å². The number of nitrogens with one attached hydrogen (secondary N) is 2. The van der Waals surface area contributed by atoms with E-state index in [2.05, 4.69) is 17.6 Å². The first kappa shape index (κ1) is 24.9. The third-order valence-corrected chi connectivity index (χ3v) is 6.51. The monoisotopic (exact) mass is 458 g/mol. The summed E-state index contributed by atoms with van der Waals surface area (Å²) < 4.78 is 4.84. The van der Waals surface area contributed by atoms with Crippen molar-refractivity contribution in [1.82, 2.24) is 10.6 Å². The van der Waals surface area contributed by atoms with E-state index in [0.717, 1.165) is 31.4 Å². The van der Waals surface area contributed by atoms with Crippen molar-refractivity contribution in [1.29, 1.82) is 0 Å². The number of alkyl halides is 2. The van der Waals surface area contributed by atoms with Crippen LogP contribution in [0.15, 0.2) is 30.3 Å². The number of hydrogen-bond donors (Lipinski definition) is 3. The van der Waals surface area contributed by atoms with Crippen molar-refractivity contribution in [3.63, 3.8) is 0 Å². The molecule has 3 N–H and O–H groups in total. The van der Waals surface area contributed by atoms with Crippen molar-refractivity contribution < 1.29 is 19.4 Å². The van der Waals surface area contributed by atoms with Gasteiger partial charge in [-0.25, -0.2) is 4.79 Å². The smallest absolute Gasteiger partial charge is 0.328 e. The molecule has 1 aromatic carbocycles. The Morgan fingerprint density at radius 2 is 1.93 bits per heavy atom. The van der Waals surface area contributed by atoms with E-state index in [9.17, 15) is 14.7 Å². The normalized spacial score (nSPS) is 27.3. The van der Waals surface area contributed by atoms with Crippen LogP contribution >= 0.6 is 23.2 Å². The summed E-state index contributed by atoms with van der Waals surface area (Å²) in [7, 11) is 1.28. The number of rotatable bonds is 10. The van der Waals surface area contributed by atoms with Gasteiger partial charge >= 0.3 is 5.97 Å². The fourth-order valence-corrected chi connectivity index (χ4v) is 4.73. The average Bonchev–Trinajstić information content (AvgIpc) is 2.75. The Hall–Kier alpha value is -1.34. The minimum atomic E-state index is -1.07. The third kappa shape index (κ3) is 6.84. The van der Waals surface area contributed by atoms with Gasteiger partial charge in [-0.2, -0.15) is 0 Å². The lowest BCUT2D eigenvalue weighted by atomic mass is 9.81. The molecule has 1 saturated carbocycles. The van der Waals surface area contributed by atoms with Crippen LogP contribution in [0.25, 0.3) is 0 Å². The van der Waals surface area contributed by atoms with Gasteiger partial charge in [0.1, 0.15) is 6.04 Å². The highest BCUT2D eigenvalue weighted by molar-refractivity contribution is 6.25. The number of esters is 1. The van der Waals surface area contributed by atoms with Gasteiger partial charge in [0.15, 0.2) is 0 Å². The molecule has 1 aliphatic rings. The number of halogens is 2. The van der Waals surface area contributed by atoms with Crippen LogP contribution in [-0.4, -0.2) is 59.6 Å². The molecule has 0 saturated heterocycles. The molecule has 1 aliphatic carbocycles. The Labute approximate surface area is 188 Å². The number of carbonyl (C=O) groups is 2. The topological polar surface area (TPSA) is 87.7 Å². The summed E-state index contributed by atoms with van der Waals surface area (Å²) in [6.07, 6.45) is 2.70. The number of hydrogen-bond acceptors (Lipinski definition) is 5. The predicted octanol–water partition coefficient (Wildman–Crippen LogP) is 2.63. The minimum absolute atomic E-state index is 0.266. The molecule has 0 aromatic heterocycles. The zero-order valence-electron chi connectivity index (χ0n) is 17.5. The Morgan fingerprint density at radius 1 is 1.23 bits per heavy atom. The van der Waals surface area contributed by atoms with Crippen LogP contribution in [-0.2, 0) is 20.7 Å². The summed E-state index contributed by atoms with van der Waals surface area (Å²) in [4.78, 5) is 25.1. The molecule has 2 rings (SSSR count). The third-order valence-electron chi connectivity index (χ3n) is 5.53. The Kier molecular flexibility index (Phi) is 10.4. The molecule has 168 valence electrons. The summed E-state index contributed by atoms with van der Waals surface area (Å²) in [6.45, 7) is 2.89. The van der Waals surface area contributed by atoms with Gasteiger partial charge in [0.25, 0.3) is 0 Å². The second-order valence-corrected chi connectivity index (χ2v) is 8.82. The maximum atomic E-state index is 12.9. The highest BCUT2D eigenvalue weighted by Gasteiger charge is 2.45. The number of carbonyl (C=O) groups excluding carboxylic acids is 2. The van der Waals surface area contributed by atoms with Gasteiger partial charge in [-0.15, -0.1) is 23.2 Å². The number of methoxy groups -OCH3 is 1. The summed E-state index contributed by atoms with van der Waals surface area (Å²) in [6, 6.07) is 8.20. The first-order valence-corrected chi connectivity index (χ1v) is 11.4. The molecule has 0 heterocycles. The van der Waals surface area contributed by atoms with Gasteiger partial charge in [0.2, 0.25) is 5.91 Å². The van der Waals surface area contributed by atoms with Crippen molar-refractivity contribution in [3.05, 3.63) is 35.9 Å². The summed E-state index contributed by atoms with van der Waals surface area (Å²) in [5, 5.41) is 15.6. The zero-order chi connectivity index (χ0) is 22.1. The van der Waals surface area contributed by atoms with Crippen LogP contribution in [0, 0.1) is 5.92 Å². The molecule has 1 aromatic rings. The molecule has 30 heavy (non-hydrogen) atoms. The molecular formula is C22H32Cl2N2O4. The minimum Gasteiger partial charge on any atom is -0.467 e. The maximum Gasteiger partial charge on any atom is 0.328 e. The Morgan fingerprint density at radius 3 is 2.57 bits per heavy atom. The standard InChI is InChI=1S/C22H32Cl2N2O4/c1-3-4-8-11-25-19-16(23)13-15(20(27)18(19)24)21(28)26-17(22(29)30-2)12-14-9-6-5-7-10-14/h5-7,9-10,15-20,25,27H,3-4,8,11-13H2,1-2H3,(H,26,28)/t15?,16?,17-,18?,19?,20?/m0/s1. The van der Waals surface area contributed by atoms with Gasteiger partial charge < -0.3 is 20.5 Å². The van der Waals surface area contributed by atoms with Crippen LogP contribution in [0.2, 0.25) is 0 Å². The van der Waals surface area contributed by atoms with E-state index in [0.29, 0.717) is 0 Å². The van der Waals surface area contributed by atoms with E-state index >= 15 is 0 Å². The molecule has 5 unspecified atom stereocenters. The number of amides is 1. The van der Waals surface area contributed by atoms with Crippen molar-refractivity contribution in [2.75, 3.05) is 13.7 Å². The molecular weight excluding hydrogens is 427 g/mol. The first-order chi connectivity index (χ1) is 14.4. The lowest BCUT2D eigenvalue weighted by Crippen LogP contribution is -2.59. The van der Waals surface area contributed by atoms with E-state index in [4.69, 9.17) is 27.9 Å². The summed E-state index contributed by atoms with van der Waals surface area (Å²) in [5.74, 6) is -1.79. The second-order valence-electron chi connectivity index (χ2n) is 7.75. The lowest BCUT2D eigenvalue weighted by molar-refractivity contribution is -0.146. The highest BCUT2D eigenvalue weighted by Crippen LogP contribution is 2.32. The molecule has 0 spiro atoms. The van der Waals surface area contributed by atoms with Crippen molar-refractivity contribution in [2.45, 2.75) is 68.0 Å². The van der Waals surface area contributed by atoms with E-state index in [1.807, 2.05) is 30.3 Å². The Balaban J connectivity index is 2.01. The fraction of sp³-hybridized carbons (Fsp3) is 0.636. The summed E-state index contributed by atoms with van der Waals surface area (Å²) >= 11 is 13.0. The van der Waals surface area contributed by atoms with Gasteiger partial charge in [-0.05, 0) is 24.9 Å². The second kappa shape index (κ2) is 12.5. The van der Waals surface area contributed by atoms with Crippen LogP contribution in [0.4, 0.5) is 0 Å². The molecule has 8 heteroatoms. The predicted molar refractivity (Wildman–Crippen MR) is 119 cm³/mol. The van der Waals surface area contributed by atoms with Crippen molar-refractivity contribution >= 4 is 35.1 Å². The number of benzene rings is 1. The van der Waals surface area contributed by atoms with E-state index in [1.165, 1.54) is 7.11 Å². The molecule has 6 nitrogen and oxygen atoms in total. The van der Waals surface area contributed by atoms with Crippen molar-refractivity contribution in [2.24, 2.45) is 5.92 Å². The molecule has 0 bridgehead atoms. The molecule has 0 radical (unpaired) electrons. The maximum absolute atomic E-state index is 12.9. The van der Waals surface area contributed by atoms with Crippen LogP contribution < -0.4 is 10.6 Å². The number of ether oxygens (including phenoxy) is 1. The summed E-state index contributed by atoms with van der Waals surface area (Å²) in [5.41, 5.74) is 0.888. The van der Waals surface area contributed by atoms with Gasteiger partial charge in [0.05, 0.1) is 29.9 Å².